The SMILES string of the molecule is Cc1noc(C)c1S(=O)(=O)N1CCN(C(=O)C(N)c2ccccc2)CC1. The van der Waals surface area contributed by atoms with Crippen LogP contribution >= 0.6 is 0 Å². The van der Waals surface area contributed by atoms with Gasteiger partial charge in [-0.25, -0.2) is 8.42 Å². The Kier molecular flexibility index (Phi) is 5.12. The molecule has 0 spiro atoms. The van der Waals surface area contributed by atoms with Gasteiger partial charge in [0.2, 0.25) is 15.9 Å². The number of nitrogens with zero attached hydrogens (tertiary/aromatic N) is 3. The minimum absolute atomic E-state index is 0.110. The first-order chi connectivity index (χ1) is 12.3. The standard InChI is InChI=1S/C17H22N4O4S/c1-12-16(13(2)25-19-12)26(23,24)21-10-8-20(9-11-21)17(22)15(18)14-6-4-3-5-7-14/h3-7,15H,8-11,18H2,1-2H3. The molecule has 9 heteroatoms. The Hall–Kier alpha value is -2.23. The maximum Gasteiger partial charge on any atom is 0.248 e. The minimum Gasteiger partial charge on any atom is -0.360 e. The van der Waals surface area contributed by atoms with Crippen molar-refractivity contribution in [2.45, 2.75) is 24.8 Å². The van der Waals surface area contributed by atoms with Crippen LogP contribution in [-0.4, -0.2) is 54.9 Å². The molecule has 0 radical (unpaired) electrons. The second-order valence-corrected chi connectivity index (χ2v) is 8.15. The monoisotopic (exact) mass is 378 g/mol. The minimum atomic E-state index is -3.69. The summed E-state index contributed by atoms with van der Waals surface area (Å²) in [6.45, 7) is 4.18. The molecule has 0 saturated carbocycles. The lowest BCUT2D eigenvalue weighted by Gasteiger charge is -2.35. The number of piperazine rings is 1. The number of hydrogen-bond donors (Lipinski definition) is 1. The van der Waals surface area contributed by atoms with Gasteiger partial charge in [0.15, 0.2) is 5.76 Å². The first-order valence-electron chi connectivity index (χ1n) is 8.34. The van der Waals surface area contributed by atoms with Crippen LogP contribution in [0.5, 0.6) is 0 Å². The van der Waals surface area contributed by atoms with Crippen molar-refractivity contribution in [2.24, 2.45) is 5.73 Å². The second-order valence-electron chi connectivity index (χ2n) is 6.27. The predicted octanol–water partition coefficient (Wildman–Crippen LogP) is 0.824. The van der Waals surface area contributed by atoms with Crippen LogP contribution in [0.25, 0.3) is 0 Å². The Morgan fingerprint density at radius 3 is 2.31 bits per heavy atom. The van der Waals surface area contributed by atoms with Gasteiger partial charge in [-0.3, -0.25) is 4.79 Å². The van der Waals surface area contributed by atoms with Gasteiger partial charge < -0.3 is 15.2 Å². The average molecular weight is 378 g/mol. The van der Waals surface area contributed by atoms with Crippen LogP contribution in [-0.2, 0) is 14.8 Å². The van der Waals surface area contributed by atoms with E-state index < -0.39 is 16.1 Å². The molecule has 0 aliphatic carbocycles. The fourth-order valence-corrected chi connectivity index (χ4v) is 4.83. The maximum atomic E-state index is 12.8. The van der Waals surface area contributed by atoms with Crippen molar-refractivity contribution < 1.29 is 17.7 Å². The molecule has 8 nitrogen and oxygen atoms in total. The van der Waals surface area contributed by atoms with Crippen LogP contribution in [0.1, 0.15) is 23.1 Å². The van der Waals surface area contributed by atoms with E-state index in [1.165, 1.54) is 4.31 Å². The molecule has 1 aromatic heterocycles. The van der Waals surface area contributed by atoms with E-state index in [4.69, 9.17) is 10.3 Å². The summed E-state index contributed by atoms with van der Waals surface area (Å²) in [5.41, 5.74) is 7.14. The molecule has 3 rings (SSSR count). The number of benzene rings is 1. The fourth-order valence-electron chi connectivity index (χ4n) is 3.12. The molecule has 2 aromatic rings. The molecule has 1 fully saturated rings. The van der Waals surface area contributed by atoms with Crippen molar-refractivity contribution in [2.75, 3.05) is 26.2 Å². The van der Waals surface area contributed by atoms with Crippen LogP contribution in [0.2, 0.25) is 0 Å². The highest BCUT2D eigenvalue weighted by molar-refractivity contribution is 7.89. The number of sulfonamides is 1. The quantitative estimate of drug-likeness (QED) is 0.844. The Morgan fingerprint density at radius 2 is 1.77 bits per heavy atom. The highest BCUT2D eigenvalue weighted by atomic mass is 32.2. The van der Waals surface area contributed by atoms with Gasteiger partial charge in [-0.15, -0.1) is 0 Å². The molecule has 1 atom stereocenters. The predicted molar refractivity (Wildman–Crippen MR) is 94.7 cm³/mol. The van der Waals surface area contributed by atoms with E-state index in [0.717, 1.165) is 5.56 Å². The number of rotatable bonds is 4. The molecule has 1 unspecified atom stereocenters. The van der Waals surface area contributed by atoms with Gasteiger partial charge in [0.05, 0.1) is 0 Å². The molecule has 1 amide bonds. The number of carbonyl (C=O) groups is 1. The van der Waals surface area contributed by atoms with E-state index in [9.17, 15) is 13.2 Å². The Morgan fingerprint density at radius 1 is 1.15 bits per heavy atom. The van der Waals surface area contributed by atoms with Crippen LogP contribution in [0.3, 0.4) is 0 Å². The Bertz CT molecular complexity index is 867. The number of amides is 1. The third kappa shape index (κ3) is 3.37. The number of carbonyl (C=O) groups excluding carboxylic acids is 1. The fraction of sp³-hybridized carbons (Fsp3) is 0.412. The summed E-state index contributed by atoms with van der Waals surface area (Å²) in [6.07, 6.45) is 0. The molecule has 1 saturated heterocycles. The van der Waals surface area contributed by atoms with Crippen molar-refractivity contribution in [3.8, 4) is 0 Å². The summed E-state index contributed by atoms with van der Waals surface area (Å²) < 4.78 is 32.0. The topological polar surface area (TPSA) is 110 Å². The third-order valence-corrected chi connectivity index (χ3v) is 6.68. The van der Waals surface area contributed by atoms with Crippen LogP contribution in [0, 0.1) is 13.8 Å². The highest BCUT2D eigenvalue weighted by Gasteiger charge is 2.35. The van der Waals surface area contributed by atoms with Crippen molar-refractivity contribution >= 4 is 15.9 Å². The molecule has 1 aliphatic rings. The summed E-state index contributed by atoms with van der Waals surface area (Å²) in [6, 6.07) is 8.38. The molecule has 1 aliphatic heterocycles. The molecule has 2 N–H and O–H groups in total. The average Bonchev–Trinajstić information content (AvgIpc) is 3.00. The van der Waals surface area contributed by atoms with Crippen molar-refractivity contribution in [3.05, 3.63) is 47.3 Å². The summed E-state index contributed by atoms with van der Waals surface area (Å²) >= 11 is 0. The summed E-state index contributed by atoms with van der Waals surface area (Å²) in [4.78, 5) is 14.3. The zero-order valence-electron chi connectivity index (χ0n) is 14.8. The van der Waals surface area contributed by atoms with Crippen molar-refractivity contribution in [1.82, 2.24) is 14.4 Å². The maximum absolute atomic E-state index is 12.8. The summed E-state index contributed by atoms with van der Waals surface area (Å²) in [7, 11) is -3.69. The second kappa shape index (κ2) is 7.18. The van der Waals surface area contributed by atoms with Gasteiger partial charge in [0, 0.05) is 26.2 Å². The molecular weight excluding hydrogens is 356 g/mol. The van der Waals surface area contributed by atoms with Gasteiger partial charge in [-0.2, -0.15) is 4.31 Å². The van der Waals surface area contributed by atoms with Crippen LogP contribution in [0.4, 0.5) is 0 Å². The highest BCUT2D eigenvalue weighted by Crippen LogP contribution is 2.24. The normalized spacial score (nSPS) is 17.3. The van der Waals surface area contributed by atoms with Crippen molar-refractivity contribution in [3.63, 3.8) is 0 Å². The zero-order valence-corrected chi connectivity index (χ0v) is 15.6. The zero-order chi connectivity index (χ0) is 18.9. The largest absolute Gasteiger partial charge is 0.360 e. The molecule has 26 heavy (non-hydrogen) atoms. The number of nitrogens with two attached hydrogens (primary N) is 1. The Labute approximate surface area is 152 Å². The lowest BCUT2D eigenvalue weighted by atomic mass is 10.1. The molecule has 140 valence electrons. The van der Waals surface area contributed by atoms with E-state index in [1.54, 1.807) is 30.9 Å². The number of aromatic nitrogens is 1. The van der Waals surface area contributed by atoms with E-state index >= 15 is 0 Å². The summed E-state index contributed by atoms with van der Waals surface area (Å²) in [5, 5.41) is 3.72. The van der Waals surface area contributed by atoms with Gasteiger partial charge in [0.1, 0.15) is 16.6 Å². The van der Waals surface area contributed by atoms with Gasteiger partial charge in [-0.1, -0.05) is 35.5 Å². The van der Waals surface area contributed by atoms with E-state index in [1.807, 2.05) is 18.2 Å². The first-order valence-corrected chi connectivity index (χ1v) is 9.78. The van der Waals surface area contributed by atoms with E-state index in [2.05, 4.69) is 5.16 Å². The summed E-state index contributed by atoms with van der Waals surface area (Å²) in [5.74, 6) is 0.0673. The lowest BCUT2D eigenvalue weighted by Crippen LogP contribution is -2.52. The first kappa shape index (κ1) is 18.6. The molecular formula is C17H22N4O4S. The van der Waals surface area contributed by atoms with Gasteiger partial charge in [-0.05, 0) is 19.4 Å². The number of hydrogen-bond acceptors (Lipinski definition) is 6. The number of aryl methyl sites for hydroxylation is 2. The molecule has 1 aromatic carbocycles. The lowest BCUT2D eigenvalue weighted by molar-refractivity contribution is -0.133. The van der Waals surface area contributed by atoms with Crippen molar-refractivity contribution in [1.29, 1.82) is 0 Å². The molecule has 2 heterocycles. The van der Waals surface area contributed by atoms with E-state index in [0.29, 0.717) is 18.8 Å². The Balaban J connectivity index is 1.68. The third-order valence-electron chi connectivity index (χ3n) is 4.54. The smallest absolute Gasteiger partial charge is 0.248 e. The van der Waals surface area contributed by atoms with Crippen LogP contribution in [0.15, 0.2) is 39.8 Å². The van der Waals surface area contributed by atoms with Gasteiger partial charge in [0.25, 0.3) is 0 Å². The van der Waals surface area contributed by atoms with Crippen LogP contribution < -0.4 is 5.73 Å². The molecule has 0 bridgehead atoms. The van der Waals surface area contributed by atoms with Gasteiger partial charge >= 0.3 is 0 Å². The van der Waals surface area contributed by atoms with E-state index in [-0.39, 0.29) is 29.7 Å².